The largest absolute Gasteiger partial charge is 0.457 e. The van der Waals surface area contributed by atoms with Gasteiger partial charge in [0, 0.05) is 11.1 Å². The molecule has 136 valence electrons. The summed E-state index contributed by atoms with van der Waals surface area (Å²) in [5.74, 6) is 2.26. The number of nitrogens with one attached hydrogen (secondary N) is 2. The molecule has 0 bridgehead atoms. The van der Waals surface area contributed by atoms with Gasteiger partial charge in [0.15, 0.2) is 0 Å². The lowest BCUT2D eigenvalue weighted by molar-refractivity contribution is 0.483. The minimum absolute atomic E-state index is 0.697. The highest BCUT2D eigenvalue weighted by atomic mass is 16.5. The van der Waals surface area contributed by atoms with Gasteiger partial charge in [-0.3, -0.25) is 4.98 Å². The fraction of sp³-hybridized carbons (Fsp3) is 0.0435. The third-order valence-electron chi connectivity index (χ3n) is 4.53. The van der Waals surface area contributed by atoms with E-state index in [-0.39, 0.29) is 0 Å². The van der Waals surface area contributed by atoms with Crippen LogP contribution in [0.1, 0.15) is 5.69 Å². The van der Waals surface area contributed by atoms with Crippen LogP contribution in [0.2, 0.25) is 0 Å². The lowest BCUT2D eigenvalue weighted by Gasteiger charge is -2.11. The van der Waals surface area contributed by atoms with Crippen LogP contribution in [0.4, 0.5) is 11.6 Å². The molecule has 0 fully saturated rings. The van der Waals surface area contributed by atoms with Gasteiger partial charge in [0.2, 0.25) is 5.95 Å². The first-order chi connectivity index (χ1) is 13.7. The minimum atomic E-state index is 0.697. The zero-order chi connectivity index (χ0) is 18.9. The first-order valence-electron chi connectivity index (χ1n) is 9.11. The number of H-pyrrole nitrogens is 1. The van der Waals surface area contributed by atoms with Gasteiger partial charge in [0.1, 0.15) is 11.5 Å². The molecule has 2 N–H and O–H groups in total. The van der Waals surface area contributed by atoms with E-state index in [2.05, 4.69) is 20.3 Å². The van der Waals surface area contributed by atoms with Crippen LogP contribution in [-0.4, -0.2) is 15.0 Å². The van der Waals surface area contributed by atoms with Crippen molar-refractivity contribution < 1.29 is 4.74 Å². The number of fused-ring (bicyclic) bond motifs is 2. The van der Waals surface area contributed by atoms with Crippen molar-refractivity contribution in [1.29, 1.82) is 0 Å². The van der Waals surface area contributed by atoms with E-state index >= 15 is 0 Å². The summed E-state index contributed by atoms with van der Waals surface area (Å²) in [6, 6.07) is 25.6. The molecule has 0 spiro atoms. The van der Waals surface area contributed by atoms with Crippen molar-refractivity contribution in [3.63, 3.8) is 0 Å². The third kappa shape index (κ3) is 3.14. The first kappa shape index (κ1) is 16.3. The molecule has 3 aromatic carbocycles. The molecule has 5 nitrogen and oxygen atoms in total. The maximum absolute atomic E-state index is 5.99. The predicted molar refractivity (Wildman–Crippen MR) is 112 cm³/mol. The van der Waals surface area contributed by atoms with Crippen LogP contribution in [0.3, 0.4) is 0 Å². The summed E-state index contributed by atoms with van der Waals surface area (Å²) >= 11 is 0. The number of para-hydroxylation sites is 3. The van der Waals surface area contributed by atoms with Crippen molar-refractivity contribution in [3.05, 3.63) is 84.6 Å². The van der Waals surface area contributed by atoms with Gasteiger partial charge in [-0.25, -0.2) is 4.98 Å². The van der Waals surface area contributed by atoms with Gasteiger partial charge in [0.05, 0.1) is 22.2 Å². The Hall–Kier alpha value is -3.86. The molecule has 0 aliphatic carbocycles. The first-order valence-corrected chi connectivity index (χ1v) is 9.11. The van der Waals surface area contributed by atoms with E-state index in [0.29, 0.717) is 5.95 Å². The Morgan fingerprint density at radius 1 is 0.786 bits per heavy atom. The van der Waals surface area contributed by atoms with Crippen LogP contribution in [0.5, 0.6) is 11.5 Å². The molecule has 0 saturated heterocycles. The van der Waals surface area contributed by atoms with Crippen LogP contribution in [0.25, 0.3) is 21.9 Å². The zero-order valence-corrected chi connectivity index (χ0v) is 15.3. The number of pyridine rings is 1. The van der Waals surface area contributed by atoms with Gasteiger partial charge in [-0.05, 0) is 55.5 Å². The fourth-order valence-corrected chi connectivity index (χ4v) is 3.27. The van der Waals surface area contributed by atoms with Crippen molar-refractivity contribution in [2.75, 3.05) is 5.32 Å². The predicted octanol–water partition coefficient (Wildman–Crippen LogP) is 5.96. The van der Waals surface area contributed by atoms with E-state index in [9.17, 15) is 0 Å². The average molecular weight is 366 g/mol. The van der Waals surface area contributed by atoms with E-state index < -0.39 is 0 Å². The highest BCUT2D eigenvalue weighted by Crippen LogP contribution is 2.31. The minimum Gasteiger partial charge on any atom is -0.457 e. The van der Waals surface area contributed by atoms with E-state index in [0.717, 1.165) is 44.8 Å². The second-order valence-electron chi connectivity index (χ2n) is 6.63. The van der Waals surface area contributed by atoms with Crippen LogP contribution < -0.4 is 10.1 Å². The molecular weight excluding hydrogens is 348 g/mol. The quantitative estimate of drug-likeness (QED) is 0.412. The van der Waals surface area contributed by atoms with Gasteiger partial charge in [-0.2, -0.15) is 0 Å². The molecule has 0 amide bonds. The number of hydrogen-bond donors (Lipinski definition) is 2. The maximum Gasteiger partial charge on any atom is 0.205 e. The Morgan fingerprint density at radius 2 is 1.61 bits per heavy atom. The number of imidazole rings is 1. The highest BCUT2D eigenvalue weighted by molar-refractivity contribution is 5.94. The van der Waals surface area contributed by atoms with Crippen molar-refractivity contribution in [3.8, 4) is 11.5 Å². The van der Waals surface area contributed by atoms with E-state index in [4.69, 9.17) is 4.74 Å². The second-order valence-corrected chi connectivity index (χ2v) is 6.63. The number of anilines is 2. The van der Waals surface area contributed by atoms with Gasteiger partial charge >= 0.3 is 0 Å². The summed E-state index contributed by atoms with van der Waals surface area (Å²) in [6.45, 7) is 1.98. The van der Waals surface area contributed by atoms with Gasteiger partial charge < -0.3 is 15.0 Å². The smallest absolute Gasteiger partial charge is 0.205 e. The van der Waals surface area contributed by atoms with Crippen molar-refractivity contribution in [2.45, 2.75) is 6.92 Å². The zero-order valence-electron chi connectivity index (χ0n) is 15.3. The van der Waals surface area contributed by atoms with Crippen molar-refractivity contribution in [1.82, 2.24) is 15.0 Å². The molecule has 0 saturated carbocycles. The molecule has 0 radical (unpaired) electrons. The SMILES string of the molecule is Cc1cc(Nc2nc3ccccc3[nH]2)c2cc(Oc3ccccc3)ccc2n1. The second kappa shape index (κ2) is 6.70. The van der Waals surface area contributed by atoms with Crippen LogP contribution in [-0.2, 0) is 0 Å². The normalized spacial score (nSPS) is 11.0. The summed E-state index contributed by atoms with van der Waals surface area (Å²) in [7, 11) is 0. The van der Waals surface area contributed by atoms with E-state index in [1.165, 1.54) is 0 Å². The molecule has 0 unspecified atom stereocenters. The number of hydrogen-bond acceptors (Lipinski definition) is 4. The molecule has 28 heavy (non-hydrogen) atoms. The van der Waals surface area contributed by atoms with Gasteiger partial charge in [-0.15, -0.1) is 0 Å². The Balaban J connectivity index is 1.55. The lowest BCUT2D eigenvalue weighted by Crippen LogP contribution is -1.96. The van der Waals surface area contributed by atoms with E-state index in [1.807, 2.05) is 85.8 Å². The molecular formula is C23H18N4O. The lowest BCUT2D eigenvalue weighted by atomic mass is 10.1. The van der Waals surface area contributed by atoms with Crippen molar-refractivity contribution >= 4 is 33.6 Å². The molecule has 2 aromatic heterocycles. The summed E-state index contributed by atoms with van der Waals surface area (Å²) in [5.41, 5.74) is 4.68. The number of nitrogens with zero attached hydrogens (tertiary/aromatic N) is 2. The Kier molecular flexibility index (Phi) is 3.91. The van der Waals surface area contributed by atoms with E-state index in [1.54, 1.807) is 0 Å². The van der Waals surface area contributed by atoms with Crippen molar-refractivity contribution in [2.24, 2.45) is 0 Å². The molecule has 0 atom stereocenters. The Morgan fingerprint density at radius 3 is 2.46 bits per heavy atom. The molecule has 5 rings (SSSR count). The molecule has 5 heteroatoms. The summed E-state index contributed by atoms with van der Waals surface area (Å²) in [4.78, 5) is 12.6. The molecule has 0 aliphatic rings. The van der Waals surface area contributed by atoms with Crippen LogP contribution in [0.15, 0.2) is 78.9 Å². The molecule has 0 aliphatic heterocycles. The summed E-state index contributed by atoms with van der Waals surface area (Å²) in [5, 5.41) is 4.38. The number of aromatic nitrogens is 3. The Bertz CT molecular complexity index is 1250. The fourth-order valence-electron chi connectivity index (χ4n) is 3.27. The van der Waals surface area contributed by atoms with Gasteiger partial charge in [-0.1, -0.05) is 30.3 Å². The third-order valence-corrected chi connectivity index (χ3v) is 4.53. The average Bonchev–Trinajstić information content (AvgIpc) is 3.11. The standard InChI is InChI=1S/C23H18N4O/c1-15-13-22(27-23-25-20-9-5-6-10-21(20)26-23)18-14-17(11-12-19(18)24-15)28-16-7-3-2-4-8-16/h2-14H,1H3,(H2,24,25,26,27). The summed E-state index contributed by atoms with van der Waals surface area (Å²) < 4.78 is 5.99. The van der Waals surface area contributed by atoms with Crippen LogP contribution in [0, 0.1) is 6.92 Å². The monoisotopic (exact) mass is 366 g/mol. The topological polar surface area (TPSA) is 62.8 Å². The maximum atomic E-state index is 5.99. The summed E-state index contributed by atoms with van der Waals surface area (Å²) in [6.07, 6.45) is 0. The number of ether oxygens (including phenoxy) is 1. The number of aromatic amines is 1. The van der Waals surface area contributed by atoms with Gasteiger partial charge in [0.25, 0.3) is 0 Å². The highest BCUT2D eigenvalue weighted by Gasteiger charge is 2.09. The number of aryl methyl sites for hydroxylation is 1. The Labute approximate surface area is 162 Å². The van der Waals surface area contributed by atoms with Crippen LogP contribution >= 0.6 is 0 Å². The molecule has 5 aromatic rings. The number of rotatable bonds is 4. The number of benzene rings is 3. The molecule has 2 heterocycles.